The zero-order valence-electron chi connectivity index (χ0n) is 11.4. The monoisotopic (exact) mass is 259 g/mol. The van der Waals surface area contributed by atoms with Crippen molar-refractivity contribution >= 4 is 17.4 Å². The van der Waals surface area contributed by atoms with Crippen molar-refractivity contribution in [2.24, 2.45) is 5.92 Å². The zero-order valence-corrected chi connectivity index (χ0v) is 11.4. The van der Waals surface area contributed by atoms with Gasteiger partial charge in [0.2, 0.25) is 0 Å². The van der Waals surface area contributed by atoms with Crippen molar-refractivity contribution in [2.75, 3.05) is 30.3 Å². The van der Waals surface area contributed by atoms with Gasteiger partial charge in [0.15, 0.2) is 0 Å². The highest BCUT2D eigenvalue weighted by Gasteiger charge is 2.21. The number of hydrogen-bond acceptors (Lipinski definition) is 2. The molecule has 3 rings (SSSR count). The Hall–Kier alpha value is -1.71. The van der Waals surface area contributed by atoms with E-state index in [1.807, 2.05) is 11.0 Å². The van der Waals surface area contributed by atoms with Crippen LogP contribution in [0.1, 0.15) is 25.3 Å². The summed E-state index contributed by atoms with van der Waals surface area (Å²) in [6.45, 7) is 4.96. The van der Waals surface area contributed by atoms with Crippen LogP contribution in [0.25, 0.3) is 0 Å². The standard InChI is InChI=1S/C15H21N3O/c1-11-3-2-8-18(10-11)15(19)17-13-4-5-14-12(9-13)6-7-16-14/h4-5,9,11,16H,2-3,6-8,10H2,1H3,(H,17,19). The fourth-order valence-corrected chi connectivity index (χ4v) is 2.96. The van der Waals surface area contributed by atoms with Gasteiger partial charge in [-0.2, -0.15) is 0 Å². The fourth-order valence-electron chi connectivity index (χ4n) is 2.96. The molecule has 0 bridgehead atoms. The molecule has 2 N–H and O–H groups in total. The smallest absolute Gasteiger partial charge is 0.321 e. The van der Waals surface area contributed by atoms with Crippen molar-refractivity contribution in [3.05, 3.63) is 23.8 Å². The summed E-state index contributed by atoms with van der Waals surface area (Å²) in [5.74, 6) is 0.615. The number of urea groups is 1. The first kappa shape index (κ1) is 12.3. The van der Waals surface area contributed by atoms with Crippen molar-refractivity contribution in [1.29, 1.82) is 0 Å². The first-order valence-corrected chi connectivity index (χ1v) is 7.15. The topological polar surface area (TPSA) is 44.4 Å². The maximum Gasteiger partial charge on any atom is 0.321 e. The van der Waals surface area contributed by atoms with Crippen LogP contribution in [0, 0.1) is 5.92 Å². The van der Waals surface area contributed by atoms with Gasteiger partial charge in [0.05, 0.1) is 0 Å². The van der Waals surface area contributed by atoms with Crippen molar-refractivity contribution in [1.82, 2.24) is 4.90 Å². The van der Waals surface area contributed by atoms with Gasteiger partial charge in [0, 0.05) is 31.0 Å². The Morgan fingerprint density at radius 1 is 1.47 bits per heavy atom. The van der Waals surface area contributed by atoms with Crippen molar-refractivity contribution in [3.8, 4) is 0 Å². The minimum atomic E-state index is 0.0393. The number of benzene rings is 1. The van der Waals surface area contributed by atoms with Gasteiger partial charge in [-0.05, 0) is 48.9 Å². The van der Waals surface area contributed by atoms with Crippen LogP contribution in [0.4, 0.5) is 16.2 Å². The quantitative estimate of drug-likeness (QED) is 0.814. The molecule has 2 heterocycles. The molecule has 1 unspecified atom stereocenters. The van der Waals surface area contributed by atoms with E-state index in [9.17, 15) is 4.79 Å². The van der Waals surface area contributed by atoms with Crippen LogP contribution >= 0.6 is 0 Å². The Morgan fingerprint density at radius 3 is 3.21 bits per heavy atom. The van der Waals surface area contributed by atoms with Crippen LogP contribution in [0.2, 0.25) is 0 Å². The van der Waals surface area contributed by atoms with Gasteiger partial charge in [0.25, 0.3) is 0 Å². The Kier molecular flexibility index (Phi) is 3.32. The SMILES string of the molecule is CC1CCCN(C(=O)Nc2ccc3c(c2)CCN3)C1. The summed E-state index contributed by atoms with van der Waals surface area (Å²) in [4.78, 5) is 14.1. The lowest BCUT2D eigenvalue weighted by Gasteiger charge is -2.31. The third kappa shape index (κ3) is 2.67. The third-order valence-electron chi connectivity index (χ3n) is 4.01. The lowest BCUT2D eigenvalue weighted by atomic mass is 10.0. The van der Waals surface area contributed by atoms with E-state index in [2.05, 4.69) is 29.7 Å². The van der Waals surface area contributed by atoms with Gasteiger partial charge >= 0.3 is 6.03 Å². The van der Waals surface area contributed by atoms with E-state index in [0.29, 0.717) is 5.92 Å². The van der Waals surface area contributed by atoms with Gasteiger partial charge in [-0.15, -0.1) is 0 Å². The Balaban J connectivity index is 1.66. The third-order valence-corrected chi connectivity index (χ3v) is 4.01. The molecule has 2 aliphatic heterocycles. The summed E-state index contributed by atoms with van der Waals surface area (Å²) in [5, 5.41) is 6.35. The Labute approximate surface area is 114 Å². The maximum atomic E-state index is 12.2. The highest BCUT2D eigenvalue weighted by molar-refractivity contribution is 5.90. The van der Waals surface area contributed by atoms with E-state index in [1.165, 1.54) is 17.7 Å². The molecule has 0 saturated carbocycles. The van der Waals surface area contributed by atoms with E-state index in [1.54, 1.807) is 0 Å². The van der Waals surface area contributed by atoms with Gasteiger partial charge in [-0.3, -0.25) is 0 Å². The van der Waals surface area contributed by atoms with Crippen LogP contribution in [-0.4, -0.2) is 30.6 Å². The van der Waals surface area contributed by atoms with E-state index in [0.717, 1.165) is 38.2 Å². The molecule has 2 amide bonds. The average molecular weight is 259 g/mol. The molecular weight excluding hydrogens is 238 g/mol. The zero-order chi connectivity index (χ0) is 13.2. The summed E-state index contributed by atoms with van der Waals surface area (Å²) in [6.07, 6.45) is 3.39. The number of anilines is 2. The molecule has 1 atom stereocenters. The summed E-state index contributed by atoms with van der Waals surface area (Å²) in [7, 11) is 0. The Morgan fingerprint density at radius 2 is 2.37 bits per heavy atom. The van der Waals surface area contributed by atoms with Crippen LogP contribution in [0.5, 0.6) is 0 Å². The molecule has 1 aromatic carbocycles. The van der Waals surface area contributed by atoms with E-state index in [-0.39, 0.29) is 6.03 Å². The summed E-state index contributed by atoms with van der Waals surface area (Å²) in [5.41, 5.74) is 3.40. The normalized spacial score (nSPS) is 21.7. The number of rotatable bonds is 1. The molecule has 0 radical (unpaired) electrons. The average Bonchev–Trinajstić information content (AvgIpc) is 2.86. The van der Waals surface area contributed by atoms with E-state index in [4.69, 9.17) is 0 Å². The number of hydrogen-bond donors (Lipinski definition) is 2. The maximum absolute atomic E-state index is 12.2. The van der Waals surface area contributed by atoms with Crippen molar-refractivity contribution < 1.29 is 4.79 Å². The number of amides is 2. The second-order valence-electron chi connectivity index (χ2n) is 5.67. The second kappa shape index (κ2) is 5.11. The molecule has 0 spiro atoms. The van der Waals surface area contributed by atoms with Crippen molar-refractivity contribution in [2.45, 2.75) is 26.2 Å². The molecule has 19 heavy (non-hydrogen) atoms. The van der Waals surface area contributed by atoms with E-state index < -0.39 is 0 Å². The van der Waals surface area contributed by atoms with Crippen molar-refractivity contribution in [3.63, 3.8) is 0 Å². The first-order chi connectivity index (χ1) is 9.22. The number of carbonyl (C=O) groups excluding carboxylic acids is 1. The molecule has 2 aliphatic rings. The number of piperidine rings is 1. The predicted molar refractivity (Wildman–Crippen MR) is 77.6 cm³/mol. The largest absolute Gasteiger partial charge is 0.384 e. The highest BCUT2D eigenvalue weighted by atomic mass is 16.2. The van der Waals surface area contributed by atoms with E-state index >= 15 is 0 Å². The number of fused-ring (bicyclic) bond motifs is 1. The van der Waals surface area contributed by atoms with Crippen LogP contribution in [0.15, 0.2) is 18.2 Å². The lowest BCUT2D eigenvalue weighted by Crippen LogP contribution is -2.41. The number of carbonyl (C=O) groups is 1. The van der Waals surface area contributed by atoms with Crippen LogP contribution in [-0.2, 0) is 6.42 Å². The molecule has 1 fully saturated rings. The summed E-state index contributed by atoms with van der Waals surface area (Å²) in [6, 6.07) is 6.15. The molecule has 1 aromatic rings. The first-order valence-electron chi connectivity index (χ1n) is 7.15. The molecule has 0 aromatic heterocycles. The molecular formula is C15H21N3O. The van der Waals surface area contributed by atoms with Gasteiger partial charge in [-0.25, -0.2) is 4.79 Å². The molecule has 4 heteroatoms. The van der Waals surface area contributed by atoms with Gasteiger partial charge < -0.3 is 15.5 Å². The van der Waals surface area contributed by atoms with Gasteiger partial charge in [-0.1, -0.05) is 6.92 Å². The second-order valence-corrected chi connectivity index (χ2v) is 5.67. The van der Waals surface area contributed by atoms with Gasteiger partial charge in [0.1, 0.15) is 0 Å². The van der Waals surface area contributed by atoms with Crippen LogP contribution < -0.4 is 10.6 Å². The Bertz CT molecular complexity index is 486. The minimum absolute atomic E-state index is 0.0393. The molecule has 102 valence electrons. The number of nitrogens with one attached hydrogen (secondary N) is 2. The summed E-state index contributed by atoms with van der Waals surface area (Å²) >= 11 is 0. The molecule has 0 aliphatic carbocycles. The highest BCUT2D eigenvalue weighted by Crippen LogP contribution is 2.25. The predicted octanol–water partition coefficient (Wildman–Crippen LogP) is 2.92. The van der Waals surface area contributed by atoms with Crippen LogP contribution in [0.3, 0.4) is 0 Å². The number of nitrogens with zero attached hydrogens (tertiary/aromatic N) is 1. The molecule has 1 saturated heterocycles. The number of likely N-dealkylation sites (tertiary alicyclic amines) is 1. The lowest BCUT2D eigenvalue weighted by molar-refractivity contribution is 0.182. The minimum Gasteiger partial charge on any atom is -0.384 e. The molecule has 4 nitrogen and oxygen atoms in total. The fraction of sp³-hybridized carbons (Fsp3) is 0.533. The summed E-state index contributed by atoms with van der Waals surface area (Å²) < 4.78 is 0.